The van der Waals surface area contributed by atoms with E-state index in [1.165, 1.54) is 42.9 Å². The number of aromatic nitrogens is 3. The van der Waals surface area contributed by atoms with Crippen LogP contribution in [0.5, 0.6) is 11.6 Å². The summed E-state index contributed by atoms with van der Waals surface area (Å²) in [5, 5.41) is 2.55. The van der Waals surface area contributed by atoms with Gasteiger partial charge in [0.25, 0.3) is 5.91 Å². The molecule has 1 amide bonds. The van der Waals surface area contributed by atoms with Gasteiger partial charge in [0.2, 0.25) is 5.88 Å². The highest BCUT2D eigenvalue weighted by molar-refractivity contribution is 6.05. The zero-order valence-electron chi connectivity index (χ0n) is 13.6. The molecular formula is C17H12F3N5O2. The Bertz CT molecular complexity index is 944. The first kappa shape index (κ1) is 18.1. The summed E-state index contributed by atoms with van der Waals surface area (Å²) < 4.78 is 43.0. The van der Waals surface area contributed by atoms with E-state index in [1.807, 2.05) is 0 Å². The summed E-state index contributed by atoms with van der Waals surface area (Å²) in [7, 11) is 0. The summed E-state index contributed by atoms with van der Waals surface area (Å²) >= 11 is 0. The third-order valence-corrected chi connectivity index (χ3v) is 3.34. The van der Waals surface area contributed by atoms with E-state index in [1.54, 1.807) is 0 Å². The molecule has 0 aliphatic heterocycles. The Morgan fingerprint density at radius 3 is 2.30 bits per heavy atom. The Balaban J connectivity index is 1.65. The molecule has 7 nitrogen and oxygen atoms in total. The molecule has 3 rings (SSSR count). The summed E-state index contributed by atoms with van der Waals surface area (Å²) in [5.41, 5.74) is 5.13. The first-order valence-electron chi connectivity index (χ1n) is 7.52. The van der Waals surface area contributed by atoms with E-state index in [0.29, 0.717) is 5.69 Å². The maximum Gasteiger partial charge on any atom is 0.416 e. The van der Waals surface area contributed by atoms with E-state index in [2.05, 4.69) is 20.3 Å². The molecule has 0 fully saturated rings. The van der Waals surface area contributed by atoms with Crippen molar-refractivity contribution in [2.24, 2.45) is 0 Å². The standard InChI is InChI=1S/C17H12F3N5O2/c18-17(19,20)10-1-4-12(5-2-10)27-13-6-3-11(9-24-13)25-16(26)14-15(21)23-8-7-22-14/h1-9H,(H2,21,23)(H,25,26). The molecule has 0 radical (unpaired) electrons. The number of anilines is 2. The largest absolute Gasteiger partial charge is 0.439 e. The van der Waals surface area contributed by atoms with E-state index in [-0.39, 0.29) is 23.1 Å². The van der Waals surface area contributed by atoms with E-state index in [4.69, 9.17) is 10.5 Å². The summed E-state index contributed by atoms with van der Waals surface area (Å²) in [6, 6.07) is 7.17. The fourth-order valence-electron chi connectivity index (χ4n) is 2.06. The van der Waals surface area contributed by atoms with Crippen molar-refractivity contribution in [3.05, 3.63) is 66.2 Å². The van der Waals surface area contributed by atoms with Gasteiger partial charge in [0.15, 0.2) is 11.5 Å². The molecule has 0 unspecified atom stereocenters. The second-order valence-corrected chi connectivity index (χ2v) is 5.25. The van der Waals surface area contributed by atoms with Crippen LogP contribution < -0.4 is 15.8 Å². The third-order valence-electron chi connectivity index (χ3n) is 3.34. The summed E-state index contributed by atoms with van der Waals surface area (Å²) in [6.07, 6.45) is -0.390. The lowest BCUT2D eigenvalue weighted by Gasteiger charge is -2.09. The van der Waals surface area contributed by atoms with Crippen LogP contribution in [0.1, 0.15) is 16.1 Å². The highest BCUT2D eigenvalue weighted by Gasteiger charge is 2.30. The number of carbonyl (C=O) groups excluding carboxylic acids is 1. The molecule has 0 aliphatic carbocycles. The van der Waals surface area contributed by atoms with Crippen LogP contribution in [0.2, 0.25) is 0 Å². The minimum absolute atomic E-state index is 0.00906. The Morgan fingerprint density at radius 1 is 1.00 bits per heavy atom. The van der Waals surface area contributed by atoms with Crippen molar-refractivity contribution in [3.8, 4) is 11.6 Å². The van der Waals surface area contributed by atoms with E-state index < -0.39 is 17.6 Å². The zero-order valence-corrected chi connectivity index (χ0v) is 13.6. The van der Waals surface area contributed by atoms with Gasteiger partial charge in [-0.05, 0) is 30.3 Å². The lowest BCUT2D eigenvalue weighted by atomic mass is 10.2. The van der Waals surface area contributed by atoms with Gasteiger partial charge in [-0.15, -0.1) is 0 Å². The monoisotopic (exact) mass is 375 g/mol. The number of ether oxygens (including phenoxy) is 1. The van der Waals surface area contributed by atoms with Crippen LogP contribution in [0.25, 0.3) is 0 Å². The highest BCUT2D eigenvalue weighted by Crippen LogP contribution is 2.31. The maximum atomic E-state index is 12.5. The van der Waals surface area contributed by atoms with Crippen LogP contribution in [0.15, 0.2) is 55.0 Å². The van der Waals surface area contributed by atoms with Crippen LogP contribution in [0, 0.1) is 0 Å². The van der Waals surface area contributed by atoms with Crippen molar-refractivity contribution in [1.29, 1.82) is 0 Å². The number of hydrogen-bond acceptors (Lipinski definition) is 6. The van der Waals surface area contributed by atoms with Gasteiger partial charge < -0.3 is 15.8 Å². The molecule has 3 aromatic rings. The second-order valence-electron chi connectivity index (χ2n) is 5.25. The summed E-state index contributed by atoms with van der Waals surface area (Å²) in [6.45, 7) is 0. The van der Waals surface area contributed by atoms with Gasteiger partial charge in [0.1, 0.15) is 5.75 Å². The Hall–Kier alpha value is -3.69. The molecule has 2 heterocycles. The number of hydrogen-bond donors (Lipinski definition) is 2. The highest BCUT2D eigenvalue weighted by atomic mass is 19.4. The molecule has 0 saturated heterocycles. The fraction of sp³-hybridized carbons (Fsp3) is 0.0588. The molecule has 138 valence electrons. The number of benzene rings is 1. The van der Waals surface area contributed by atoms with Crippen LogP contribution in [-0.4, -0.2) is 20.9 Å². The molecule has 0 spiro atoms. The number of nitrogen functional groups attached to an aromatic ring is 1. The normalized spacial score (nSPS) is 11.1. The molecule has 3 N–H and O–H groups in total. The number of nitrogens with two attached hydrogens (primary N) is 1. The van der Waals surface area contributed by atoms with Crippen molar-refractivity contribution >= 4 is 17.4 Å². The summed E-state index contributed by atoms with van der Waals surface area (Å²) in [4.78, 5) is 23.7. The van der Waals surface area contributed by atoms with E-state index >= 15 is 0 Å². The predicted molar refractivity (Wildman–Crippen MR) is 90.2 cm³/mol. The second kappa shape index (κ2) is 7.28. The van der Waals surface area contributed by atoms with Crippen molar-refractivity contribution in [1.82, 2.24) is 15.0 Å². The first-order chi connectivity index (χ1) is 12.8. The van der Waals surface area contributed by atoms with Gasteiger partial charge in [-0.2, -0.15) is 13.2 Å². The number of rotatable bonds is 4. The molecule has 2 aromatic heterocycles. The van der Waals surface area contributed by atoms with Crippen LogP contribution in [0.3, 0.4) is 0 Å². The molecule has 27 heavy (non-hydrogen) atoms. The Labute approximate surface area is 151 Å². The molecule has 1 aromatic carbocycles. The Kier molecular flexibility index (Phi) is 4.88. The maximum absolute atomic E-state index is 12.5. The van der Waals surface area contributed by atoms with Gasteiger partial charge in [-0.3, -0.25) is 4.79 Å². The average molecular weight is 375 g/mol. The molecule has 0 aliphatic rings. The quantitative estimate of drug-likeness (QED) is 0.723. The Morgan fingerprint density at radius 2 is 1.70 bits per heavy atom. The average Bonchev–Trinajstić information content (AvgIpc) is 2.63. The lowest BCUT2D eigenvalue weighted by molar-refractivity contribution is -0.137. The van der Waals surface area contributed by atoms with Crippen molar-refractivity contribution in [2.75, 3.05) is 11.1 Å². The molecule has 0 bridgehead atoms. The first-order valence-corrected chi connectivity index (χ1v) is 7.52. The minimum Gasteiger partial charge on any atom is -0.439 e. The minimum atomic E-state index is -4.41. The topological polar surface area (TPSA) is 103 Å². The lowest BCUT2D eigenvalue weighted by Crippen LogP contribution is -2.16. The SMILES string of the molecule is Nc1nccnc1C(=O)Nc1ccc(Oc2ccc(C(F)(F)F)cc2)nc1. The van der Waals surface area contributed by atoms with Crippen LogP contribution >= 0.6 is 0 Å². The van der Waals surface area contributed by atoms with Gasteiger partial charge in [0.05, 0.1) is 17.4 Å². The van der Waals surface area contributed by atoms with Gasteiger partial charge in [-0.1, -0.05) is 0 Å². The third kappa shape index (κ3) is 4.48. The summed E-state index contributed by atoms with van der Waals surface area (Å²) in [5.74, 6) is -0.226. The number of carbonyl (C=O) groups is 1. The molecular weight excluding hydrogens is 363 g/mol. The number of alkyl halides is 3. The number of nitrogens with zero attached hydrogens (tertiary/aromatic N) is 3. The van der Waals surface area contributed by atoms with Crippen LogP contribution in [0.4, 0.5) is 24.7 Å². The van der Waals surface area contributed by atoms with Gasteiger partial charge in [0, 0.05) is 18.5 Å². The number of halogens is 3. The fourth-order valence-corrected chi connectivity index (χ4v) is 2.06. The molecule has 10 heteroatoms. The zero-order chi connectivity index (χ0) is 19.4. The van der Waals surface area contributed by atoms with Gasteiger partial charge in [-0.25, -0.2) is 15.0 Å². The van der Waals surface area contributed by atoms with Crippen molar-refractivity contribution in [2.45, 2.75) is 6.18 Å². The van der Waals surface area contributed by atoms with Crippen molar-refractivity contribution in [3.63, 3.8) is 0 Å². The van der Waals surface area contributed by atoms with E-state index in [0.717, 1.165) is 12.1 Å². The molecule has 0 saturated carbocycles. The number of nitrogens with one attached hydrogen (secondary N) is 1. The number of pyridine rings is 1. The predicted octanol–water partition coefficient (Wildman–Crippen LogP) is 3.52. The van der Waals surface area contributed by atoms with Crippen molar-refractivity contribution < 1.29 is 22.7 Å². The van der Waals surface area contributed by atoms with Gasteiger partial charge >= 0.3 is 6.18 Å². The van der Waals surface area contributed by atoms with E-state index in [9.17, 15) is 18.0 Å². The van der Waals surface area contributed by atoms with Crippen LogP contribution in [-0.2, 0) is 6.18 Å². The molecule has 0 atom stereocenters. The smallest absolute Gasteiger partial charge is 0.416 e. The number of amides is 1.